The molecule has 2 aromatic rings. The van der Waals surface area contributed by atoms with Gasteiger partial charge in [-0.25, -0.2) is 8.78 Å². The maximum atomic E-state index is 13.6. The number of carbonyl (C=O) groups is 2. The number of hydrogen-bond donors (Lipinski definition) is 2. The highest BCUT2D eigenvalue weighted by atomic mass is 19.1. The van der Waals surface area contributed by atoms with Gasteiger partial charge in [-0.05, 0) is 30.3 Å². The third kappa shape index (κ3) is 3.22. The Morgan fingerprint density at radius 1 is 1.05 bits per heavy atom. The zero-order chi connectivity index (χ0) is 15.6. The number of anilines is 2. The van der Waals surface area contributed by atoms with E-state index in [9.17, 15) is 18.4 Å². The Bertz CT molecular complexity index is 712. The Balaban J connectivity index is 2.32. The third-order valence-electron chi connectivity index (χ3n) is 2.80. The van der Waals surface area contributed by atoms with Crippen molar-refractivity contribution in [3.63, 3.8) is 0 Å². The van der Waals surface area contributed by atoms with E-state index in [2.05, 4.69) is 5.32 Å². The normalized spacial score (nSPS) is 10.2. The van der Waals surface area contributed by atoms with Gasteiger partial charge < -0.3 is 11.1 Å². The maximum Gasteiger partial charge on any atom is 0.221 e. The topological polar surface area (TPSA) is 72.2 Å². The molecule has 2 rings (SSSR count). The van der Waals surface area contributed by atoms with Gasteiger partial charge in [0.15, 0.2) is 5.78 Å². The quantitative estimate of drug-likeness (QED) is 0.674. The largest absolute Gasteiger partial charge is 0.396 e. The number of halogens is 2. The van der Waals surface area contributed by atoms with Crippen LogP contribution in [0.3, 0.4) is 0 Å². The second-order valence-corrected chi connectivity index (χ2v) is 4.44. The molecule has 108 valence electrons. The first-order valence-corrected chi connectivity index (χ1v) is 6.05. The number of amides is 1. The lowest BCUT2D eigenvalue weighted by Crippen LogP contribution is -2.08. The number of hydrogen-bond acceptors (Lipinski definition) is 3. The first-order valence-electron chi connectivity index (χ1n) is 6.05. The first kappa shape index (κ1) is 14.6. The SMILES string of the molecule is CC(=O)Nc1ccc(C(=O)c2cc(N)c(F)cc2F)cc1. The zero-order valence-corrected chi connectivity index (χ0v) is 11.1. The Morgan fingerprint density at radius 3 is 2.24 bits per heavy atom. The minimum absolute atomic E-state index is 0.203. The van der Waals surface area contributed by atoms with E-state index in [1.54, 1.807) is 0 Å². The molecule has 0 saturated heterocycles. The highest BCUT2D eigenvalue weighted by Gasteiger charge is 2.16. The molecule has 4 nitrogen and oxygen atoms in total. The van der Waals surface area contributed by atoms with Gasteiger partial charge in [0, 0.05) is 24.2 Å². The highest BCUT2D eigenvalue weighted by molar-refractivity contribution is 6.09. The van der Waals surface area contributed by atoms with E-state index in [0.29, 0.717) is 11.8 Å². The molecule has 0 aliphatic carbocycles. The molecule has 3 N–H and O–H groups in total. The fraction of sp³-hybridized carbons (Fsp3) is 0.0667. The van der Waals surface area contributed by atoms with Crippen LogP contribution in [0.25, 0.3) is 0 Å². The van der Waals surface area contributed by atoms with Gasteiger partial charge in [-0.2, -0.15) is 0 Å². The molecule has 0 radical (unpaired) electrons. The summed E-state index contributed by atoms with van der Waals surface area (Å²) in [5.74, 6) is -2.75. The molecule has 1 amide bonds. The minimum Gasteiger partial charge on any atom is -0.396 e. The minimum atomic E-state index is -0.974. The van der Waals surface area contributed by atoms with Crippen molar-refractivity contribution in [3.05, 3.63) is 59.2 Å². The first-order chi connectivity index (χ1) is 9.88. The van der Waals surface area contributed by atoms with Gasteiger partial charge >= 0.3 is 0 Å². The van der Waals surface area contributed by atoms with Crippen LogP contribution in [-0.4, -0.2) is 11.7 Å². The predicted molar refractivity (Wildman–Crippen MR) is 74.9 cm³/mol. The van der Waals surface area contributed by atoms with Crippen LogP contribution in [0.2, 0.25) is 0 Å². The molecule has 0 aromatic heterocycles. The number of nitrogen functional groups attached to an aromatic ring is 1. The number of rotatable bonds is 3. The summed E-state index contributed by atoms with van der Waals surface area (Å²) in [6.07, 6.45) is 0. The predicted octanol–water partition coefficient (Wildman–Crippen LogP) is 2.74. The molecule has 0 bridgehead atoms. The molecule has 2 aromatic carbocycles. The molecule has 21 heavy (non-hydrogen) atoms. The van der Waals surface area contributed by atoms with Crippen LogP contribution >= 0.6 is 0 Å². The monoisotopic (exact) mass is 290 g/mol. The molecule has 0 aliphatic heterocycles. The number of nitrogens with two attached hydrogens (primary N) is 1. The van der Waals surface area contributed by atoms with Gasteiger partial charge in [-0.1, -0.05) is 0 Å². The molecule has 0 fully saturated rings. The summed E-state index contributed by atoms with van der Waals surface area (Å²) >= 11 is 0. The van der Waals surface area contributed by atoms with Crippen molar-refractivity contribution in [1.82, 2.24) is 0 Å². The molecule has 0 heterocycles. The fourth-order valence-electron chi connectivity index (χ4n) is 1.80. The molecule has 0 spiro atoms. The third-order valence-corrected chi connectivity index (χ3v) is 2.80. The lowest BCUT2D eigenvalue weighted by molar-refractivity contribution is -0.114. The van der Waals surface area contributed by atoms with E-state index in [1.165, 1.54) is 31.2 Å². The summed E-state index contributed by atoms with van der Waals surface area (Å²) in [6, 6.07) is 7.45. The van der Waals surface area contributed by atoms with Crippen molar-refractivity contribution in [2.45, 2.75) is 6.92 Å². The molecular formula is C15H12F2N2O2. The van der Waals surface area contributed by atoms with Crippen molar-refractivity contribution >= 4 is 23.1 Å². The fourth-order valence-corrected chi connectivity index (χ4v) is 1.80. The lowest BCUT2D eigenvalue weighted by Gasteiger charge is -2.06. The van der Waals surface area contributed by atoms with Crippen LogP contribution in [0.4, 0.5) is 20.2 Å². The van der Waals surface area contributed by atoms with Gasteiger partial charge in [-0.3, -0.25) is 9.59 Å². The van der Waals surface area contributed by atoms with Crippen LogP contribution in [0.15, 0.2) is 36.4 Å². The van der Waals surface area contributed by atoms with E-state index >= 15 is 0 Å². The average Bonchev–Trinajstić information content (AvgIpc) is 2.42. The van der Waals surface area contributed by atoms with Gasteiger partial charge in [0.1, 0.15) is 11.6 Å². The molecule has 0 saturated carbocycles. The van der Waals surface area contributed by atoms with Crippen LogP contribution in [0.5, 0.6) is 0 Å². The molecule has 6 heteroatoms. The standard InChI is InChI=1S/C15H12F2N2O2/c1-8(20)19-10-4-2-9(3-5-10)15(21)11-6-14(18)13(17)7-12(11)16/h2-7H,18H2,1H3,(H,19,20). The Hall–Kier alpha value is -2.76. The second-order valence-electron chi connectivity index (χ2n) is 4.44. The maximum absolute atomic E-state index is 13.6. The second kappa shape index (κ2) is 5.70. The van der Waals surface area contributed by atoms with Gasteiger partial charge in [0.25, 0.3) is 0 Å². The summed E-state index contributed by atoms with van der Waals surface area (Å²) in [5.41, 5.74) is 5.46. The van der Waals surface area contributed by atoms with Crippen LogP contribution in [0.1, 0.15) is 22.8 Å². The number of benzene rings is 2. The molecule has 0 aliphatic rings. The van der Waals surface area contributed by atoms with E-state index in [-0.39, 0.29) is 22.7 Å². The van der Waals surface area contributed by atoms with Crippen molar-refractivity contribution in [2.75, 3.05) is 11.1 Å². The summed E-state index contributed by atoms with van der Waals surface area (Å²) in [7, 11) is 0. The van der Waals surface area contributed by atoms with Crippen LogP contribution in [0, 0.1) is 11.6 Å². The smallest absolute Gasteiger partial charge is 0.221 e. The summed E-state index contributed by atoms with van der Waals surface area (Å²) in [6.45, 7) is 1.36. The Kier molecular flexibility index (Phi) is 3.98. The Morgan fingerprint density at radius 2 is 1.67 bits per heavy atom. The zero-order valence-electron chi connectivity index (χ0n) is 11.1. The van der Waals surface area contributed by atoms with Gasteiger partial charge in [-0.15, -0.1) is 0 Å². The summed E-state index contributed by atoms with van der Waals surface area (Å²) < 4.78 is 26.7. The van der Waals surface area contributed by atoms with E-state index < -0.39 is 17.4 Å². The van der Waals surface area contributed by atoms with Crippen molar-refractivity contribution in [3.8, 4) is 0 Å². The van der Waals surface area contributed by atoms with Crippen LogP contribution in [-0.2, 0) is 4.79 Å². The molecular weight excluding hydrogens is 278 g/mol. The lowest BCUT2D eigenvalue weighted by atomic mass is 10.0. The Labute approximate surface area is 119 Å². The highest BCUT2D eigenvalue weighted by Crippen LogP contribution is 2.20. The van der Waals surface area contributed by atoms with Gasteiger partial charge in [0.05, 0.1) is 11.3 Å². The number of ketones is 1. The van der Waals surface area contributed by atoms with Crippen LogP contribution < -0.4 is 11.1 Å². The van der Waals surface area contributed by atoms with Gasteiger partial charge in [0.2, 0.25) is 5.91 Å². The molecule has 0 unspecified atom stereocenters. The average molecular weight is 290 g/mol. The van der Waals surface area contributed by atoms with Crippen molar-refractivity contribution in [1.29, 1.82) is 0 Å². The van der Waals surface area contributed by atoms with E-state index in [4.69, 9.17) is 5.73 Å². The van der Waals surface area contributed by atoms with E-state index in [1.807, 2.05) is 0 Å². The number of carbonyl (C=O) groups excluding carboxylic acids is 2. The van der Waals surface area contributed by atoms with Crippen molar-refractivity contribution < 1.29 is 18.4 Å². The number of nitrogens with one attached hydrogen (secondary N) is 1. The van der Waals surface area contributed by atoms with Crippen molar-refractivity contribution in [2.24, 2.45) is 0 Å². The van der Waals surface area contributed by atoms with E-state index in [0.717, 1.165) is 6.07 Å². The summed E-state index contributed by atoms with van der Waals surface area (Å²) in [4.78, 5) is 23.0. The molecule has 0 atom stereocenters. The summed E-state index contributed by atoms with van der Waals surface area (Å²) in [5, 5.41) is 2.54.